The van der Waals surface area contributed by atoms with E-state index >= 15 is 0 Å². The van der Waals surface area contributed by atoms with Gasteiger partial charge in [-0.25, -0.2) is 0 Å². The van der Waals surface area contributed by atoms with E-state index in [9.17, 15) is 25.9 Å². The number of rotatable bonds is 7. The summed E-state index contributed by atoms with van der Waals surface area (Å²) in [6.07, 6.45) is 6.82. The van der Waals surface area contributed by atoms with E-state index in [-0.39, 0.29) is 68.9 Å². The van der Waals surface area contributed by atoms with Crippen LogP contribution >= 0.6 is 0 Å². The van der Waals surface area contributed by atoms with Gasteiger partial charge < -0.3 is 0 Å². The number of hydrogen-bond donors (Lipinski definition) is 2. The molecule has 0 fully saturated rings. The summed E-state index contributed by atoms with van der Waals surface area (Å²) in [5.74, 6) is 0. The molecule has 0 amide bonds. The summed E-state index contributed by atoms with van der Waals surface area (Å²) in [4.78, 5) is -0.290. The van der Waals surface area contributed by atoms with Gasteiger partial charge in [-0.05, 0) is 45.5 Å². The normalized spacial score (nSPS) is 11.7. The predicted molar refractivity (Wildman–Crippen MR) is 157 cm³/mol. The van der Waals surface area contributed by atoms with Gasteiger partial charge in [0.25, 0.3) is 20.2 Å². The van der Waals surface area contributed by atoms with Crippen molar-refractivity contribution in [3.8, 4) is 11.1 Å². The Hall–Kier alpha value is -1.82. The molecule has 0 aliphatic heterocycles. The number of benzene rings is 4. The van der Waals surface area contributed by atoms with Crippen LogP contribution in [0.25, 0.3) is 35.4 Å². The molecule has 0 bridgehead atoms. The molecule has 0 heterocycles. The van der Waals surface area contributed by atoms with Crippen molar-refractivity contribution in [3.05, 3.63) is 119 Å². The molecule has 0 aliphatic rings. The van der Waals surface area contributed by atoms with Crippen molar-refractivity contribution < 1.29 is 25.9 Å². The van der Waals surface area contributed by atoms with E-state index in [0.717, 1.165) is 22.3 Å². The van der Waals surface area contributed by atoms with Crippen molar-refractivity contribution in [1.82, 2.24) is 0 Å². The first-order chi connectivity index (χ1) is 17.1. The molecule has 38 heavy (non-hydrogen) atoms. The molecule has 2 N–H and O–H groups in total. The van der Waals surface area contributed by atoms with Gasteiger partial charge in [-0.15, -0.1) is 0 Å². The second kappa shape index (κ2) is 14.0. The van der Waals surface area contributed by atoms with Gasteiger partial charge >= 0.3 is 59.1 Å². The molecule has 6 nitrogen and oxygen atoms in total. The minimum atomic E-state index is -4.31. The molecule has 4 rings (SSSR count). The Morgan fingerprint density at radius 3 is 1.08 bits per heavy atom. The van der Waals surface area contributed by atoms with E-state index < -0.39 is 20.2 Å². The molecule has 10 heteroatoms. The standard InChI is InChI=1S/C28H22O6S2.2Na.2H/c29-35(30,31)27-7-3-1-5-25(27)19-13-21-9-15-23(16-10-21)24-17-11-22(12-18-24)14-20-26-6-2-4-8-28(26)36(32,33)34;;;;/h1-20H,(H,29,30,31)(H,32,33,34);;;;/b19-13+,20-14+;;;;. The van der Waals surface area contributed by atoms with Crippen LogP contribution in [0.15, 0.2) is 107 Å². The van der Waals surface area contributed by atoms with E-state index in [1.54, 1.807) is 60.7 Å². The number of hydrogen-bond acceptors (Lipinski definition) is 4. The summed E-state index contributed by atoms with van der Waals surface area (Å²) in [7, 11) is -8.61. The van der Waals surface area contributed by atoms with Crippen LogP contribution in [0.4, 0.5) is 0 Å². The van der Waals surface area contributed by atoms with Gasteiger partial charge in [-0.1, -0.05) is 109 Å². The van der Waals surface area contributed by atoms with Crippen LogP contribution in [0.3, 0.4) is 0 Å². The quantitative estimate of drug-likeness (QED) is 0.187. The Morgan fingerprint density at radius 2 is 0.763 bits per heavy atom. The molecule has 0 aliphatic carbocycles. The Labute approximate surface area is 267 Å². The summed E-state index contributed by atoms with van der Waals surface area (Å²) >= 11 is 0. The van der Waals surface area contributed by atoms with Crippen molar-refractivity contribution in [2.45, 2.75) is 9.79 Å². The zero-order chi connectivity index (χ0) is 25.8. The Kier molecular flexibility index (Phi) is 11.9. The van der Waals surface area contributed by atoms with E-state index in [0.29, 0.717) is 11.1 Å². The fraction of sp³-hybridized carbons (Fsp3) is 0. The molecule has 0 unspecified atom stereocenters. The van der Waals surface area contributed by atoms with Gasteiger partial charge in [-0.3, -0.25) is 9.11 Å². The second-order valence-electron chi connectivity index (χ2n) is 7.94. The average Bonchev–Trinajstić information content (AvgIpc) is 2.86. The van der Waals surface area contributed by atoms with Gasteiger partial charge in [0, 0.05) is 0 Å². The maximum atomic E-state index is 11.5. The van der Waals surface area contributed by atoms with Crippen molar-refractivity contribution in [2.75, 3.05) is 0 Å². The van der Waals surface area contributed by atoms with Crippen LogP contribution in [-0.4, -0.2) is 85.1 Å². The van der Waals surface area contributed by atoms with Gasteiger partial charge in [0.15, 0.2) is 0 Å². The van der Waals surface area contributed by atoms with Crippen LogP contribution < -0.4 is 0 Å². The monoisotopic (exact) mass is 566 g/mol. The van der Waals surface area contributed by atoms with Gasteiger partial charge in [0.2, 0.25) is 0 Å². The fourth-order valence-electron chi connectivity index (χ4n) is 3.65. The summed E-state index contributed by atoms with van der Waals surface area (Å²) in [6.45, 7) is 0. The zero-order valence-corrected chi connectivity index (χ0v) is 20.5. The van der Waals surface area contributed by atoms with Crippen LogP contribution in [0.1, 0.15) is 22.3 Å². The van der Waals surface area contributed by atoms with Gasteiger partial charge in [0.1, 0.15) is 9.79 Å². The molecule has 0 saturated carbocycles. The molecule has 0 atom stereocenters. The third-order valence-corrected chi connectivity index (χ3v) is 7.31. The van der Waals surface area contributed by atoms with Crippen molar-refractivity contribution >= 4 is 104 Å². The molecule has 0 spiro atoms. The summed E-state index contributed by atoms with van der Waals surface area (Å²) in [5.41, 5.74) is 4.48. The molecule has 4 aromatic carbocycles. The van der Waals surface area contributed by atoms with Gasteiger partial charge in [-0.2, -0.15) is 16.8 Å². The molecule has 0 saturated heterocycles. The third-order valence-electron chi connectivity index (χ3n) is 5.46. The average molecular weight is 567 g/mol. The molecular formula is C28H24Na2O6S2. The minimum absolute atomic E-state index is 0. The topological polar surface area (TPSA) is 109 Å². The molecule has 4 aromatic rings. The molecular weight excluding hydrogens is 542 g/mol. The van der Waals surface area contributed by atoms with E-state index in [1.807, 2.05) is 48.5 Å². The molecule has 0 radical (unpaired) electrons. The third kappa shape index (κ3) is 8.59. The summed E-state index contributed by atoms with van der Waals surface area (Å²) < 4.78 is 64.9. The van der Waals surface area contributed by atoms with E-state index in [1.165, 1.54) is 12.1 Å². The molecule has 0 aromatic heterocycles. The van der Waals surface area contributed by atoms with Crippen molar-refractivity contribution in [1.29, 1.82) is 0 Å². The Balaban J connectivity index is 0.00000253. The summed E-state index contributed by atoms with van der Waals surface area (Å²) in [5, 5.41) is 0. The molecule has 186 valence electrons. The van der Waals surface area contributed by atoms with E-state index in [2.05, 4.69) is 0 Å². The van der Waals surface area contributed by atoms with Crippen LogP contribution in [-0.2, 0) is 20.2 Å². The van der Waals surface area contributed by atoms with E-state index in [4.69, 9.17) is 0 Å². The Bertz CT molecular complexity index is 1530. The van der Waals surface area contributed by atoms with Gasteiger partial charge in [0.05, 0.1) is 0 Å². The SMILES string of the molecule is O=S(=O)(O)c1ccccc1/C=C/c1ccc(-c2ccc(/C=C/c3ccccc3S(=O)(=O)O)cc2)cc1.[NaH].[NaH]. The Morgan fingerprint density at radius 1 is 0.447 bits per heavy atom. The predicted octanol–water partition coefficient (Wildman–Crippen LogP) is 4.89. The van der Waals surface area contributed by atoms with Crippen LogP contribution in [0.2, 0.25) is 0 Å². The second-order valence-corrected chi connectivity index (χ2v) is 10.7. The first-order valence-electron chi connectivity index (χ1n) is 10.8. The fourth-order valence-corrected chi connectivity index (χ4v) is 5.02. The first kappa shape index (κ1) is 32.4. The zero-order valence-electron chi connectivity index (χ0n) is 18.9. The van der Waals surface area contributed by atoms with Crippen LogP contribution in [0.5, 0.6) is 0 Å². The first-order valence-corrected chi connectivity index (χ1v) is 13.7. The van der Waals surface area contributed by atoms with Crippen molar-refractivity contribution in [2.24, 2.45) is 0 Å². The maximum absolute atomic E-state index is 11.5. The van der Waals surface area contributed by atoms with Crippen LogP contribution in [0, 0.1) is 0 Å². The van der Waals surface area contributed by atoms with Crippen molar-refractivity contribution in [3.63, 3.8) is 0 Å². The summed E-state index contributed by atoms with van der Waals surface area (Å²) in [6, 6.07) is 27.8.